The highest BCUT2D eigenvalue weighted by molar-refractivity contribution is 5.75. The van der Waals surface area contributed by atoms with Crippen molar-refractivity contribution in [1.29, 1.82) is 0 Å². The standard InChI is InChI=1S/C20H25NO2/c1-16-10-12-17(13-11-16)6-2-5-9-20(23)21-14-18-7-3-4-8-19(18)15-22/h3-4,7-8,10-13,22H,2,5-6,9,14-15H2,1H3,(H,21,23). The van der Waals surface area contributed by atoms with Crippen LogP contribution in [0.4, 0.5) is 0 Å². The Hall–Kier alpha value is -2.13. The van der Waals surface area contributed by atoms with E-state index in [0.29, 0.717) is 13.0 Å². The molecule has 0 radical (unpaired) electrons. The second-order valence-corrected chi connectivity index (χ2v) is 5.90. The maximum Gasteiger partial charge on any atom is 0.220 e. The number of rotatable bonds is 8. The summed E-state index contributed by atoms with van der Waals surface area (Å²) in [5.41, 5.74) is 4.44. The van der Waals surface area contributed by atoms with Crippen LogP contribution in [0.1, 0.15) is 41.5 Å². The van der Waals surface area contributed by atoms with Gasteiger partial charge in [-0.15, -0.1) is 0 Å². The first-order valence-electron chi connectivity index (χ1n) is 8.19. The lowest BCUT2D eigenvalue weighted by Gasteiger charge is -2.09. The van der Waals surface area contributed by atoms with Crippen molar-refractivity contribution in [3.63, 3.8) is 0 Å². The van der Waals surface area contributed by atoms with Crippen LogP contribution in [-0.2, 0) is 24.4 Å². The van der Waals surface area contributed by atoms with Gasteiger partial charge in [0.2, 0.25) is 5.91 Å². The molecule has 122 valence electrons. The van der Waals surface area contributed by atoms with Crippen molar-refractivity contribution in [1.82, 2.24) is 5.32 Å². The molecule has 0 saturated carbocycles. The predicted molar refractivity (Wildman–Crippen MR) is 92.9 cm³/mol. The van der Waals surface area contributed by atoms with E-state index < -0.39 is 0 Å². The molecule has 23 heavy (non-hydrogen) atoms. The van der Waals surface area contributed by atoms with Gasteiger partial charge in [-0.2, -0.15) is 0 Å². The highest BCUT2D eigenvalue weighted by Gasteiger charge is 2.04. The van der Waals surface area contributed by atoms with Gasteiger partial charge in [0.15, 0.2) is 0 Å². The summed E-state index contributed by atoms with van der Waals surface area (Å²) in [6.45, 7) is 2.57. The van der Waals surface area contributed by atoms with E-state index in [-0.39, 0.29) is 12.5 Å². The highest BCUT2D eigenvalue weighted by atomic mass is 16.3. The lowest BCUT2D eigenvalue weighted by molar-refractivity contribution is -0.121. The summed E-state index contributed by atoms with van der Waals surface area (Å²) in [7, 11) is 0. The number of aliphatic hydroxyl groups excluding tert-OH is 1. The number of nitrogens with one attached hydrogen (secondary N) is 1. The minimum Gasteiger partial charge on any atom is -0.392 e. The number of carbonyl (C=O) groups is 1. The quantitative estimate of drug-likeness (QED) is 0.733. The summed E-state index contributed by atoms with van der Waals surface area (Å²) in [5.74, 6) is 0.0710. The maximum atomic E-state index is 11.9. The maximum absolute atomic E-state index is 11.9. The van der Waals surface area contributed by atoms with Gasteiger partial charge < -0.3 is 10.4 Å². The molecule has 2 N–H and O–H groups in total. The number of amides is 1. The molecule has 3 nitrogen and oxygen atoms in total. The average Bonchev–Trinajstić information content (AvgIpc) is 2.58. The molecule has 0 aliphatic carbocycles. The summed E-state index contributed by atoms with van der Waals surface area (Å²) < 4.78 is 0. The van der Waals surface area contributed by atoms with Crippen LogP contribution in [0.15, 0.2) is 48.5 Å². The van der Waals surface area contributed by atoms with E-state index in [1.165, 1.54) is 11.1 Å². The van der Waals surface area contributed by atoms with Gasteiger partial charge in [0, 0.05) is 13.0 Å². The monoisotopic (exact) mass is 311 g/mol. The third-order valence-corrected chi connectivity index (χ3v) is 4.00. The zero-order chi connectivity index (χ0) is 16.5. The molecule has 0 bridgehead atoms. The molecule has 0 aliphatic rings. The Morgan fingerprint density at radius 2 is 1.70 bits per heavy atom. The van der Waals surface area contributed by atoms with Crippen molar-refractivity contribution in [2.24, 2.45) is 0 Å². The van der Waals surface area contributed by atoms with Crippen molar-refractivity contribution < 1.29 is 9.90 Å². The van der Waals surface area contributed by atoms with Crippen LogP contribution in [0.5, 0.6) is 0 Å². The lowest BCUT2D eigenvalue weighted by atomic mass is 10.1. The molecule has 0 atom stereocenters. The summed E-state index contributed by atoms with van der Waals surface area (Å²) >= 11 is 0. The van der Waals surface area contributed by atoms with Gasteiger partial charge in [0.1, 0.15) is 0 Å². The van der Waals surface area contributed by atoms with Crippen molar-refractivity contribution in [2.45, 2.75) is 45.8 Å². The Kier molecular flexibility index (Phi) is 6.82. The molecule has 3 heteroatoms. The molecule has 0 aromatic heterocycles. The predicted octanol–water partition coefficient (Wildman–Crippen LogP) is 3.52. The van der Waals surface area contributed by atoms with Crippen molar-refractivity contribution in [3.05, 3.63) is 70.8 Å². The number of unbranched alkanes of at least 4 members (excludes halogenated alkanes) is 1. The second kappa shape index (κ2) is 9.11. The van der Waals surface area contributed by atoms with Crippen molar-refractivity contribution in [3.8, 4) is 0 Å². The molecular weight excluding hydrogens is 286 g/mol. The van der Waals surface area contributed by atoms with Gasteiger partial charge in [-0.05, 0) is 42.9 Å². The molecule has 0 spiro atoms. The number of carbonyl (C=O) groups excluding carboxylic acids is 1. The number of aryl methyl sites for hydroxylation is 2. The van der Waals surface area contributed by atoms with Gasteiger partial charge in [-0.3, -0.25) is 4.79 Å². The number of hydrogen-bond donors (Lipinski definition) is 2. The van der Waals surface area contributed by atoms with Crippen LogP contribution >= 0.6 is 0 Å². The van der Waals surface area contributed by atoms with Crippen LogP contribution in [0.2, 0.25) is 0 Å². The summed E-state index contributed by atoms with van der Waals surface area (Å²) in [6, 6.07) is 16.2. The topological polar surface area (TPSA) is 49.3 Å². The Balaban J connectivity index is 1.66. The molecule has 0 saturated heterocycles. The second-order valence-electron chi connectivity index (χ2n) is 5.90. The molecule has 2 rings (SSSR count). The molecule has 0 unspecified atom stereocenters. The van der Waals surface area contributed by atoms with E-state index in [1.807, 2.05) is 24.3 Å². The first kappa shape index (κ1) is 17.2. The zero-order valence-corrected chi connectivity index (χ0v) is 13.7. The van der Waals surface area contributed by atoms with Gasteiger partial charge in [-0.1, -0.05) is 54.1 Å². The molecule has 0 aliphatic heterocycles. The van der Waals surface area contributed by atoms with Crippen molar-refractivity contribution in [2.75, 3.05) is 0 Å². The van der Waals surface area contributed by atoms with Gasteiger partial charge in [-0.25, -0.2) is 0 Å². The molecule has 0 fully saturated rings. The van der Waals surface area contributed by atoms with Crippen LogP contribution in [0.3, 0.4) is 0 Å². The van der Waals surface area contributed by atoms with E-state index in [4.69, 9.17) is 0 Å². The van der Waals surface area contributed by atoms with E-state index in [1.54, 1.807) is 0 Å². The van der Waals surface area contributed by atoms with Crippen LogP contribution in [0.25, 0.3) is 0 Å². The smallest absolute Gasteiger partial charge is 0.220 e. The first-order valence-corrected chi connectivity index (χ1v) is 8.19. The van der Waals surface area contributed by atoms with E-state index in [2.05, 4.69) is 36.5 Å². The third-order valence-electron chi connectivity index (χ3n) is 4.00. The molecular formula is C20H25NO2. The summed E-state index contributed by atoms with van der Waals surface area (Å²) in [6.07, 6.45) is 3.47. The van der Waals surface area contributed by atoms with Crippen LogP contribution in [-0.4, -0.2) is 11.0 Å². The fourth-order valence-electron chi connectivity index (χ4n) is 2.54. The minimum absolute atomic E-state index is 0.00257. The SMILES string of the molecule is Cc1ccc(CCCCC(=O)NCc2ccccc2CO)cc1. The summed E-state index contributed by atoms with van der Waals surface area (Å²) in [4.78, 5) is 11.9. The Bertz CT molecular complexity index is 620. The van der Waals surface area contributed by atoms with Gasteiger partial charge >= 0.3 is 0 Å². The number of aliphatic hydroxyl groups is 1. The highest BCUT2D eigenvalue weighted by Crippen LogP contribution is 2.10. The molecule has 0 heterocycles. The average molecular weight is 311 g/mol. The Morgan fingerprint density at radius 3 is 2.39 bits per heavy atom. The van der Waals surface area contributed by atoms with Crippen LogP contribution in [0, 0.1) is 6.92 Å². The lowest BCUT2D eigenvalue weighted by Crippen LogP contribution is -2.23. The fourth-order valence-corrected chi connectivity index (χ4v) is 2.54. The van der Waals surface area contributed by atoms with Crippen molar-refractivity contribution >= 4 is 5.91 Å². The molecule has 2 aromatic rings. The minimum atomic E-state index is 0.00257. The largest absolute Gasteiger partial charge is 0.392 e. The third kappa shape index (κ3) is 5.87. The van der Waals surface area contributed by atoms with E-state index >= 15 is 0 Å². The first-order chi connectivity index (χ1) is 11.2. The van der Waals surface area contributed by atoms with Gasteiger partial charge in [0.05, 0.1) is 6.61 Å². The molecule has 2 aromatic carbocycles. The zero-order valence-electron chi connectivity index (χ0n) is 13.7. The Labute approximate surface area is 138 Å². The van der Waals surface area contributed by atoms with E-state index in [9.17, 15) is 9.90 Å². The van der Waals surface area contributed by atoms with Gasteiger partial charge in [0.25, 0.3) is 0 Å². The van der Waals surface area contributed by atoms with Crippen LogP contribution < -0.4 is 5.32 Å². The van der Waals surface area contributed by atoms with E-state index in [0.717, 1.165) is 30.4 Å². The summed E-state index contributed by atoms with van der Waals surface area (Å²) in [5, 5.41) is 12.2. The number of hydrogen-bond acceptors (Lipinski definition) is 2. The number of benzene rings is 2. The molecule has 1 amide bonds. The normalized spacial score (nSPS) is 10.5. The fraction of sp³-hybridized carbons (Fsp3) is 0.350. The Morgan fingerprint density at radius 1 is 1.00 bits per heavy atom.